The van der Waals surface area contributed by atoms with Crippen molar-refractivity contribution in [1.82, 2.24) is 5.32 Å². The number of carbonyl (C=O) groups is 1. The summed E-state index contributed by atoms with van der Waals surface area (Å²) in [5.41, 5.74) is 0. The van der Waals surface area contributed by atoms with E-state index in [0.717, 1.165) is 38.8 Å². The van der Waals surface area contributed by atoms with Gasteiger partial charge in [0.15, 0.2) is 0 Å². The molecule has 1 aliphatic rings. The fourth-order valence-corrected chi connectivity index (χ4v) is 1.89. The maximum Gasteiger partial charge on any atom is 0.308 e. The molecule has 0 spiro atoms. The zero-order chi connectivity index (χ0) is 12.3. The Morgan fingerprint density at radius 2 is 1.94 bits per heavy atom. The molecule has 0 radical (unpaired) electrons. The first-order chi connectivity index (χ1) is 8.34. The molecule has 0 aliphatic heterocycles. The van der Waals surface area contributed by atoms with Crippen molar-refractivity contribution in [3.8, 4) is 0 Å². The van der Waals surface area contributed by atoms with Gasteiger partial charge in [-0.3, -0.25) is 4.79 Å². The van der Waals surface area contributed by atoms with Crippen LogP contribution in [0, 0.1) is 5.92 Å². The highest BCUT2D eigenvalue weighted by Gasteiger charge is 2.26. The number of hydrogen-bond donors (Lipinski definition) is 1. The molecule has 1 fully saturated rings. The zero-order valence-electron chi connectivity index (χ0n) is 11.2. The van der Waals surface area contributed by atoms with Crippen LogP contribution in [0.15, 0.2) is 0 Å². The second kappa shape index (κ2) is 9.46. The quantitative estimate of drug-likeness (QED) is 0.472. The molecule has 0 amide bonds. The van der Waals surface area contributed by atoms with Gasteiger partial charge in [-0.15, -0.1) is 0 Å². The third-order valence-corrected chi connectivity index (χ3v) is 3.39. The van der Waals surface area contributed by atoms with Crippen molar-refractivity contribution in [3.63, 3.8) is 0 Å². The zero-order valence-corrected chi connectivity index (χ0v) is 11.2. The minimum absolute atomic E-state index is 0.0392. The number of carbonyl (C=O) groups excluding carboxylic acids is 1. The van der Waals surface area contributed by atoms with Crippen LogP contribution in [0.5, 0.6) is 0 Å². The van der Waals surface area contributed by atoms with Gasteiger partial charge in [0.25, 0.3) is 0 Å². The van der Waals surface area contributed by atoms with E-state index >= 15 is 0 Å². The number of nitrogens with one attached hydrogen (secondary N) is 1. The molecule has 1 saturated carbocycles. The normalized spacial score (nSPS) is 15.6. The highest BCUT2D eigenvalue weighted by molar-refractivity contribution is 5.73. The Balaban J connectivity index is 1.76. The Bertz CT molecular complexity index is 202. The van der Waals surface area contributed by atoms with Crippen LogP contribution >= 0.6 is 0 Å². The van der Waals surface area contributed by atoms with Gasteiger partial charge in [-0.2, -0.15) is 0 Å². The van der Waals surface area contributed by atoms with Crippen LogP contribution in [0.25, 0.3) is 0 Å². The van der Waals surface area contributed by atoms with Crippen molar-refractivity contribution in [2.75, 3.05) is 19.7 Å². The maximum absolute atomic E-state index is 11.4. The summed E-state index contributed by atoms with van der Waals surface area (Å²) in [4.78, 5) is 11.4. The predicted octanol–water partition coefficient (Wildman–Crippen LogP) is 2.89. The van der Waals surface area contributed by atoms with E-state index in [9.17, 15) is 4.79 Å². The molecule has 0 heterocycles. The standard InChI is InChI=1S/C14H27NO2/c1-2-3-10-15-11-5-4-6-12-17-14(16)13-8-7-9-13/h13,15H,2-12H2,1H3. The van der Waals surface area contributed by atoms with E-state index in [0.29, 0.717) is 6.61 Å². The van der Waals surface area contributed by atoms with Crippen LogP contribution < -0.4 is 5.32 Å². The lowest BCUT2D eigenvalue weighted by Gasteiger charge is -2.22. The summed E-state index contributed by atoms with van der Waals surface area (Å²) < 4.78 is 5.23. The Kier molecular flexibility index (Phi) is 8.06. The van der Waals surface area contributed by atoms with Gasteiger partial charge < -0.3 is 10.1 Å². The number of rotatable bonds is 10. The smallest absolute Gasteiger partial charge is 0.308 e. The molecule has 1 rings (SSSR count). The first-order valence-electron chi connectivity index (χ1n) is 7.22. The van der Waals surface area contributed by atoms with Crippen LogP contribution in [0.3, 0.4) is 0 Å². The lowest BCUT2D eigenvalue weighted by molar-refractivity contribution is -0.151. The van der Waals surface area contributed by atoms with Crippen LogP contribution in [0.1, 0.15) is 58.3 Å². The Labute approximate surface area is 105 Å². The van der Waals surface area contributed by atoms with Crippen molar-refractivity contribution >= 4 is 5.97 Å². The summed E-state index contributed by atoms with van der Waals surface area (Å²) >= 11 is 0. The highest BCUT2D eigenvalue weighted by atomic mass is 16.5. The van der Waals surface area contributed by atoms with E-state index in [4.69, 9.17) is 4.74 Å². The van der Waals surface area contributed by atoms with Crippen molar-refractivity contribution in [2.45, 2.75) is 58.3 Å². The molecular weight excluding hydrogens is 214 g/mol. The van der Waals surface area contributed by atoms with Crippen LogP contribution in [0.4, 0.5) is 0 Å². The van der Waals surface area contributed by atoms with Gasteiger partial charge in [0, 0.05) is 0 Å². The minimum atomic E-state index is 0.0392. The molecule has 3 heteroatoms. The average Bonchev–Trinajstić information content (AvgIpc) is 2.24. The molecule has 0 bridgehead atoms. The topological polar surface area (TPSA) is 38.3 Å². The summed E-state index contributed by atoms with van der Waals surface area (Å²) in [6, 6.07) is 0. The summed E-state index contributed by atoms with van der Waals surface area (Å²) in [6.45, 7) is 5.05. The van der Waals surface area contributed by atoms with Crippen molar-refractivity contribution in [3.05, 3.63) is 0 Å². The van der Waals surface area contributed by atoms with E-state index in [1.54, 1.807) is 0 Å². The van der Waals surface area contributed by atoms with Crippen LogP contribution in [-0.4, -0.2) is 25.7 Å². The van der Waals surface area contributed by atoms with E-state index < -0.39 is 0 Å². The Morgan fingerprint density at radius 1 is 1.18 bits per heavy atom. The molecule has 0 saturated heterocycles. The van der Waals surface area contributed by atoms with Crippen molar-refractivity contribution in [1.29, 1.82) is 0 Å². The summed E-state index contributed by atoms with van der Waals surface area (Å²) in [5.74, 6) is 0.267. The second-order valence-corrected chi connectivity index (χ2v) is 4.96. The largest absolute Gasteiger partial charge is 0.465 e. The molecule has 0 aromatic carbocycles. The fraction of sp³-hybridized carbons (Fsp3) is 0.929. The molecule has 100 valence electrons. The van der Waals surface area contributed by atoms with E-state index in [-0.39, 0.29) is 11.9 Å². The van der Waals surface area contributed by atoms with Crippen molar-refractivity contribution < 1.29 is 9.53 Å². The molecule has 3 nitrogen and oxygen atoms in total. The molecule has 1 aliphatic carbocycles. The molecule has 0 atom stereocenters. The minimum Gasteiger partial charge on any atom is -0.465 e. The number of unbranched alkanes of at least 4 members (excludes halogenated alkanes) is 3. The van der Waals surface area contributed by atoms with Crippen molar-refractivity contribution in [2.24, 2.45) is 5.92 Å². The third kappa shape index (κ3) is 6.67. The molecule has 1 N–H and O–H groups in total. The fourth-order valence-electron chi connectivity index (χ4n) is 1.89. The first kappa shape index (κ1) is 14.5. The van der Waals surface area contributed by atoms with Gasteiger partial charge in [0.1, 0.15) is 0 Å². The maximum atomic E-state index is 11.4. The molecule has 17 heavy (non-hydrogen) atoms. The van der Waals surface area contributed by atoms with Gasteiger partial charge in [-0.05, 0) is 51.6 Å². The Hall–Kier alpha value is -0.570. The lowest BCUT2D eigenvalue weighted by Crippen LogP contribution is -2.24. The number of ether oxygens (including phenoxy) is 1. The first-order valence-corrected chi connectivity index (χ1v) is 7.22. The summed E-state index contributed by atoms with van der Waals surface area (Å²) in [5, 5.41) is 3.41. The monoisotopic (exact) mass is 241 g/mol. The van der Waals surface area contributed by atoms with Gasteiger partial charge in [-0.1, -0.05) is 19.8 Å². The van der Waals surface area contributed by atoms with Gasteiger partial charge in [0.2, 0.25) is 0 Å². The molecule has 0 unspecified atom stereocenters. The predicted molar refractivity (Wildman–Crippen MR) is 69.9 cm³/mol. The highest BCUT2D eigenvalue weighted by Crippen LogP contribution is 2.27. The second-order valence-electron chi connectivity index (χ2n) is 4.96. The third-order valence-electron chi connectivity index (χ3n) is 3.39. The van der Waals surface area contributed by atoms with E-state index in [1.165, 1.54) is 25.7 Å². The summed E-state index contributed by atoms with van der Waals surface area (Å²) in [6.07, 6.45) is 9.14. The summed E-state index contributed by atoms with van der Waals surface area (Å²) in [7, 11) is 0. The van der Waals surface area contributed by atoms with Gasteiger partial charge in [0.05, 0.1) is 12.5 Å². The number of esters is 1. The average molecular weight is 241 g/mol. The van der Waals surface area contributed by atoms with E-state index in [2.05, 4.69) is 12.2 Å². The van der Waals surface area contributed by atoms with Crippen LogP contribution in [0.2, 0.25) is 0 Å². The molecular formula is C14H27NO2. The molecule has 0 aromatic heterocycles. The van der Waals surface area contributed by atoms with Gasteiger partial charge in [-0.25, -0.2) is 0 Å². The number of hydrogen-bond acceptors (Lipinski definition) is 3. The SMILES string of the molecule is CCCCNCCCCCOC(=O)C1CCC1. The Morgan fingerprint density at radius 3 is 2.59 bits per heavy atom. The lowest BCUT2D eigenvalue weighted by atomic mass is 9.86. The van der Waals surface area contributed by atoms with E-state index in [1.807, 2.05) is 0 Å². The van der Waals surface area contributed by atoms with Gasteiger partial charge >= 0.3 is 5.97 Å². The van der Waals surface area contributed by atoms with Crippen LogP contribution in [-0.2, 0) is 9.53 Å². The molecule has 0 aromatic rings.